The van der Waals surface area contributed by atoms with Crippen LogP contribution in [0, 0.1) is 5.41 Å². The van der Waals surface area contributed by atoms with Crippen LogP contribution in [0.25, 0.3) is 0 Å². The molecule has 0 aromatic heterocycles. The summed E-state index contributed by atoms with van der Waals surface area (Å²) in [5.41, 5.74) is -0.865. The Kier molecular flexibility index (Phi) is 1.75. The summed E-state index contributed by atoms with van der Waals surface area (Å²) in [6, 6.07) is 0. The highest BCUT2D eigenvalue weighted by Crippen LogP contribution is 2.44. The minimum absolute atomic E-state index is 0.0620. The largest absolute Gasteiger partial charge is 0.462 e. The highest BCUT2D eigenvalue weighted by atomic mass is 16.5. The number of fused-ring (bicyclic) bond motifs is 3. The Hall–Kier alpha value is -1.12. The summed E-state index contributed by atoms with van der Waals surface area (Å²) < 4.78 is 5.10. The average Bonchev–Trinajstić information content (AvgIpc) is 2.18. The number of ketones is 1. The Balaban J connectivity index is 2.32. The van der Waals surface area contributed by atoms with Gasteiger partial charge in [-0.15, -0.1) is 0 Å². The van der Waals surface area contributed by atoms with Crippen molar-refractivity contribution in [2.24, 2.45) is 5.41 Å². The van der Waals surface area contributed by atoms with Gasteiger partial charge in [0, 0.05) is 0 Å². The molecule has 3 rings (SSSR count). The van der Waals surface area contributed by atoms with Crippen molar-refractivity contribution in [3.63, 3.8) is 0 Å². The second kappa shape index (κ2) is 2.69. The molecule has 3 fully saturated rings. The van der Waals surface area contributed by atoms with Crippen molar-refractivity contribution in [2.75, 3.05) is 0 Å². The third-order valence-corrected chi connectivity index (χ3v) is 3.11. The first kappa shape index (κ1) is 8.48. The Labute approximate surface area is 76.8 Å². The number of allylic oxidation sites excluding steroid dienone is 1. The zero-order valence-electron chi connectivity index (χ0n) is 7.41. The van der Waals surface area contributed by atoms with Gasteiger partial charge in [0.25, 0.3) is 0 Å². The Morgan fingerprint density at radius 2 is 2.15 bits per heavy atom. The van der Waals surface area contributed by atoms with E-state index in [-0.39, 0.29) is 17.9 Å². The van der Waals surface area contributed by atoms with Crippen LogP contribution in [0.1, 0.15) is 25.7 Å². The van der Waals surface area contributed by atoms with E-state index in [0.717, 1.165) is 12.8 Å². The minimum Gasteiger partial charge on any atom is -0.462 e. The first-order valence-electron chi connectivity index (χ1n) is 4.57. The van der Waals surface area contributed by atoms with Gasteiger partial charge in [0.2, 0.25) is 0 Å². The monoisotopic (exact) mass is 180 g/mol. The van der Waals surface area contributed by atoms with Gasteiger partial charge in [0.1, 0.15) is 11.5 Å². The minimum atomic E-state index is -0.865. The van der Waals surface area contributed by atoms with E-state index in [2.05, 4.69) is 6.58 Å². The molecule has 2 saturated heterocycles. The van der Waals surface area contributed by atoms with E-state index in [1.165, 1.54) is 6.08 Å². The number of ether oxygens (including phenoxy) is 1. The maximum Gasteiger partial charge on any atom is 0.320 e. The van der Waals surface area contributed by atoms with Crippen molar-refractivity contribution in [3.8, 4) is 0 Å². The number of carbonyl (C=O) groups is 2. The summed E-state index contributed by atoms with van der Waals surface area (Å²) in [7, 11) is 0. The van der Waals surface area contributed by atoms with Crippen LogP contribution in [0.15, 0.2) is 12.7 Å². The van der Waals surface area contributed by atoms with E-state index in [1.54, 1.807) is 0 Å². The molecule has 3 nitrogen and oxygen atoms in total. The quantitative estimate of drug-likeness (QED) is 0.364. The fraction of sp³-hybridized carbons (Fsp3) is 0.600. The highest BCUT2D eigenvalue weighted by molar-refractivity contribution is 6.09. The topological polar surface area (TPSA) is 43.4 Å². The second-order valence-electron chi connectivity index (χ2n) is 3.76. The van der Waals surface area contributed by atoms with Gasteiger partial charge in [-0.2, -0.15) is 0 Å². The molecule has 13 heavy (non-hydrogen) atoms. The van der Waals surface area contributed by atoms with Crippen LogP contribution < -0.4 is 0 Å². The standard InChI is InChI=1S/C10H12O3/c1-2-8(11)10-5-3-7(4-6-10)13-9(10)12/h2,7H,1,3-6H2. The Bertz CT molecular complexity index is 272. The summed E-state index contributed by atoms with van der Waals surface area (Å²) >= 11 is 0. The predicted molar refractivity (Wildman–Crippen MR) is 46.0 cm³/mol. The van der Waals surface area contributed by atoms with Crippen LogP contribution in [0.3, 0.4) is 0 Å². The van der Waals surface area contributed by atoms with E-state index in [9.17, 15) is 9.59 Å². The molecule has 1 saturated carbocycles. The van der Waals surface area contributed by atoms with Crippen LogP contribution >= 0.6 is 0 Å². The summed E-state index contributed by atoms with van der Waals surface area (Å²) in [5.74, 6) is -0.504. The molecular formula is C10H12O3. The lowest BCUT2D eigenvalue weighted by molar-refractivity contribution is -0.182. The lowest BCUT2D eigenvalue weighted by Crippen LogP contribution is -2.50. The van der Waals surface area contributed by atoms with E-state index in [4.69, 9.17) is 4.74 Å². The van der Waals surface area contributed by atoms with Crippen molar-refractivity contribution in [1.82, 2.24) is 0 Å². The maximum absolute atomic E-state index is 11.5. The zero-order chi connectivity index (χ0) is 9.47. The summed E-state index contributed by atoms with van der Waals surface area (Å²) in [6.07, 6.45) is 4.23. The van der Waals surface area contributed by atoms with Gasteiger partial charge in [-0.3, -0.25) is 9.59 Å². The lowest BCUT2D eigenvalue weighted by Gasteiger charge is -2.42. The fourth-order valence-corrected chi connectivity index (χ4v) is 2.21. The molecular weight excluding hydrogens is 168 g/mol. The van der Waals surface area contributed by atoms with Crippen LogP contribution in [0.2, 0.25) is 0 Å². The number of esters is 1. The van der Waals surface area contributed by atoms with Crippen molar-refractivity contribution < 1.29 is 14.3 Å². The van der Waals surface area contributed by atoms with Crippen molar-refractivity contribution in [2.45, 2.75) is 31.8 Å². The van der Waals surface area contributed by atoms with Crippen LogP contribution in [0.5, 0.6) is 0 Å². The third-order valence-electron chi connectivity index (χ3n) is 3.11. The summed E-state index contributed by atoms with van der Waals surface area (Å²) in [6.45, 7) is 3.42. The fourth-order valence-electron chi connectivity index (χ4n) is 2.21. The highest BCUT2D eigenvalue weighted by Gasteiger charge is 2.53. The van der Waals surface area contributed by atoms with Gasteiger partial charge in [-0.1, -0.05) is 6.58 Å². The maximum atomic E-state index is 11.5. The molecule has 3 aliphatic rings. The van der Waals surface area contributed by atoms with E-state index < -0.39 is 5.41 Å². The number of hydrogen-bond donors (Lipinski definition) is 0. The zero-order valence-corrected chi connectivity index (χ0v) is 7.41. The first-order chi connectivity index (χ1) is 6.19. The molecule has 0 spiro atoms. The van der Waals surface area contributed by atoms with Crippen molar-refractivity contribution >= 4 is 11.8 Å². The molecule has 0 aromatic carbocycles. The third kappa shape index (κ3) is 1.03. The van der Waals surface area contributed by atoms with E-state index >= 15 is 0 Å². The Morgan fingerprint density at radius 1 is 1.54 bits per heavy atom. The molecule has 0 N–H and O–H groups in total. The molecule has 3 heteroatoms. The van der Waals surface area contributed by atoms with Crippen molar-refractivity contribution in [1.29, 1.82) is 0 Å². The number of carbonyl (C=O) groups excluding carboxylic acids is 2. The SMILES string of the molecule is C=CC(=O)C12CCC(CC1)OC2=O. The van der Waals surface area contributed by atoms with Crippen LogP contribution in [-0.4, -0.2) is 17.9 Å². The molecule has 70 valence electrons. The van der Waals surface area contributed by atoms with Gasteiger partial charge in [-0.25, -0.2) is 0 Å². The van der Waals surface area contributed by atoms with Gasteiger partial charge >= 0.3 is 5.97 Å². The average molecular weight is 180 g/mol. The van der Waals surface area contributed by atoms with Gasteiger partial charge in [0.15, 0.2) is 5.78 Å². The first-order valence-corrected chi connectivity index (χ1v) is 4.57. The molecule has 0 amide bonds. The van der Waals surface area contributed by atoms with Gasteiger partial charge < -0.3 is 4.74 Å². The van der Waals surface area contributed by atoms with E-state index in [0.29, 0.717) is 12.8 Å². The van der Waals surface area contributed by atoms with E-state index in [1.807, 2.05) is 0 Å². The van der Waals surface area contributed by atoms with Gasteiger partial charge in [0.05, 0.1) is 0 Å². The number of rotatable bonds is 2. The number of hydrogen-bond acceptors (Lipinski definition) is 3. The smallest absolute Gasteiger partial charge is 0.320 e. The molecule has 0 atom stereocenters. The van der Waals surface area contributed by atoms with Crippen LogP contribution in [-0.2, 0) is 14.3 Å². The molecule has 0 radical (unpaired) electrons. The molecule has 0 aromatic rings. The summed E-state index contributed by atoms with van der Waals surface area (Å²) in [4.78, 5) is 23.0. The predicted octanol–water partition coefficient (Wildman–Crippen LogP) is 1.23. The molecule has 2 bridgehead atoms. The lowest BCUT2D eigenvalue weighted by atomic mass is 9.68. The second-order valence-corrected chi connectivity index (χ2v) is 3.76. The molecule has 0 unspecified atom stereocenters. The van der Waals surface area contributed by atoms with Gasteiger partial charge in [-0.05, 0) is 31.8 Å². The van der Waals surface area contributed by atoms with Crippen molar-refractivity contribution in [3.05, 3.63) is 12.7 Å². The Morgan fingerprint density at radius 3 is 2.62 bits per heavy atom. The van der Waals surface area contributed by atoms with Crippen LogP contribution in [0.4, 0.5) is 0 Å². The summed E-state index contributed by atoms with van der Waals surface area (Å²) in [5, 5.41) is 0. The normalized spacial score (nSPS) is 36.9. The molecule has 2 aliphatic heterocycles. The molecule has 2 heterocycles. The molecule has 1 aliphatic carbocycles.